The monoisotopic (exact) mass is 238 g/mol. The average molecular weight is 238 g/mol. The van der Waals surface area contributed by atoms with Crippen molar-refractivity contribution in [1.29, 1.82) is 0 Å². The van der Waals surface area contributed by atoms with Gasteiger partial charge < -0.3 is 15.5 Å². The van der Waals surface area contributed by atoms with Gasteiger partial charge in [0.15, 0.2) is 0 Å². The highest BCUT2D eigenvalue weighted by atomic mass is 16.2. The summed E-state index contributed by atoms with van der Waals surface area (Å²) in [6.07, 6.45) is 0. The second-order valence-corrected chi connectivity index (χ2v) is 5.54. The lowest BCUT2D eigenvalue weighted by Crippen LogP contribution is -2.40. The summed E-state index contributed by atoms with van der Waals surface area (Å²) >= 11 is 0. The van der Waals surface area contributed by atoms with Gasteiger partial charge in [0, 0.05) is 38.8 Å². The molecule has 3 unspecified atom stereocenters. The van der Waals surface area contributed by atoms with Crippen LogP contribution in [-0.2, 0) is 0 Å². The van der Waals surface area contributed by atoms with Crippen LogP contribution in [0.1, 0.15) is 6.92 Å². The van der Waals surface area contributed by atoms with Crippen molar-refractivity contribution in [3.63, 3.8) is 0 Å². The van der Waals surface area contributed by atoms with Crippen molar-refractivity contribution in [2.75, 3.05) is 45.8 Å². The minimum Gasteiger partial charge on any atom is -0.336 e. The van der Waals surface area contributed by atoms with Crippen LogP contribution in [0.15, 0.2) is 0 Å². The van der Waals surface area contributed by atoms with E-state index in [-0.39, 0.29) is 6.03 Å². The third-order valence-corrected chi connectivity index (χ3v) is 4.66. The molecule has 0 saturated carbocycles. The first-order valence-corrected chi connectivity index (χ1v) is 6.73. The van der Waals surface area contributed by atoms with Crippen molar-refractivity contribution in [2.45, 2.75) is 13.0 Å². The molecule has 0 aliphatic carbocycles. The van der Waals surface area contributed by atoms with E-state index in [1.54, 1.807) is 0 Å². The Morgan fingerprint density at radius 1 is 1.35 bits per heavy atom. The van der Waals surface area contributed by atoms with Gasteiger partial charge in [0.1, 0.15) is 0 Å². The molecule has 17 heavy (non-hydrogen) atoms. The number of likely N-dealkylation sites (tertiary alicyclic amines) is 1. The van der Waals surface area contributed by atoms with Crippen LogP contribution in [-0.4, -0.2) is 67.7 Å². The van der Waals surface area contributed by atoms with Crippen molar-refractivity contribution < 1.29 is 4.79 Å². The predicted octanol–water partition coefficient (Wildman–Crippen LogP) is -0.449. The number of carbonyl (C=O) groups excluding carboxylic acids is 1. The number of urea groups is 1. The van der Waals surface area contributed by atoms with E-state index >= 15 is 0 Å². The third kappa shape index (κ3) is 2.02. The molecule has 3 heterocycles. The molecule has 3 aliphatic heterocycles. The minimum atomic E-state index is 0.110. The number of nitrogens with one attached hydrogen (secondary N) is 2. The van der Waals surface area contributed by atoms with E-state index in [0.29, 0.717) is 6.04 Å². The molecule has 0 spiro atoms. The highest BCUT2D eigenvalue weighted by molar-refractivity contribution is 5.76. The molecule has 96 valence electrons. The fourth-order valence-electron chi connectivity index (χ4n) is 3.52. The molecule has 0 aromatic heterocycles. The summed E-state index contributed by atoms with van der Waals surface area (Å²) < 4.78 is 0. The third-order valence-electron chi connectivity index (χ3n) is 4.66. The van der Waals surface area contributed by atoms with Gasteiger partial charge >= 0.3 is 6.03 Å². The van der Waals surface area contributed by atoms with E-state index in [9.17, 15) is 4.79 Å². The Balaban J connectivity index is 1.51. The Hall–Kier alpha value is -0.810. The Kier molecular flexibility index (Phi) is 2.96. The van der Waals surface area contributed by atoms with Gasteiger partial charge in [-0.1, -0.05) is 0 Å². The predicted molar refractivity (Wildman–Crippen MR) is 65.9 cm³/mol. The molecule has 5 heteroatoms. The zero-order chi connectivity index (χ0) is 11.8. The van der Waals surface area contributed by atoms with Crippen LogP contribution in [0.5, 0.6) is 0 Å². The van der Waals surface area contributed by atoms with Crippen LogP contribution in [0.4, 0.5) is 4.79 Å². The van der Waals surface area contributed by atoms with Crippen molar-refractivity contribution >= 4 is 6.03 Å². The number of amides is 2. The summed E-state index contributed by atoms with van der Waals surface area (Å²) in [4.78, 5) is 15.9. The number of carbonyl (C=O) groups is 1. The Morgan fingerprint density at radius 2 is 2.24 bits per heavy atom. The molecule has 3 saturated heterocycles. The fraction of sp³-hybridized carbons (Fsp3) is 0.917. The van der Waals surface area contributed by atoms with Crippen LogP contribution < -0.4 is 10.6 Å². The van der Waals surface area contributed by atoms with Crippen molar-refractivity contribution in [1.82, 2.24) is 20.4 Å². The molecule has 0 aromatic rings. The van der Waals surface area contributed by atoms with E-state index in [2.05, 4.69) is 22.5 Å². The van der Waals surface area contributed by atoms with Gasteiger partial charge in [-0.05, 0) is 31.8 Å². The number of rotatable bonds is 3. The first kappa shape index (κ1) is 11.3. The minimum absolute atomic E-state index is 0.110. The maximum Gasteiger partial charge on any atom is 0.317 e. The van der Waals surface area contributed by atoms with Gasteiger partial charge in [-0.25, -0.2) is 4.79 Å². The summed E-state index contributed by atoms with van der Waals surface area (Å²) in [5.74, 6) is 1.65. The Labute approximate surface area is 103 Å². The van der Waals surface area contributed by atoms with Crippen LogP contribution in [0.2, 0.25) is 0 Å². The van der Waals surface area contributed by atoms with Crippen molar-refractivity contribution in [3.8, 4) is 0 Å². The van der Waals surface area contributed by atoms with Crippen LogP contribution in [0, 0.1) is 11.8 Å². The number of hydrogen-bond donors (Lipinski definition) is 2. The first-order chi connectivity index (χ1) is 8.25. The Bertz CT molecular complexity index is 309. The molecule has 3 rings (SSSR count). The second kappa shape index (κ2) is 4.46. The van der Waals surface area contributed by atoms with E-state index < -0.39 is 0 Å². The molecule has 3 atom stereocenters. The highest BCUT2D eigenvalue weighted by Gasteiger charge is 2.41. The maximum atomic E-state index is 11.4. The largest absolute Gasteiger partial charge is 0.336 e. The topological polar surface area (TPSA) is 47.6 Å². The fourth-order valence-corrected chi connectivity index (χ4v) is 3.52. The lowest BCUT2D eigenvalue weighted by molar-refractivity contribution is 0.191. The van der Waals surface area contributed by atoms with Gasteiger partial charge in [0.05, 0.1) is 0 Å². The molecule has 0 radical (unpaired) electrons. The summed E-state index contributed by atoms with van der Waals surface area (Å²) in [6, 6.07) is 0.777. The number of fused-ring (bicyclic) bond motifs is 1. The Morgan fingerprint density at radius 3 is 2.94 bits per heavy atom. The van der Waals surface area contributed by atoms with E-state index in [4.69, 9.17) is 0 Å². The summed E-state index contributed by atoms with van der Waals surface area (Å²) in [7, 11) is 0. The summed E-state index contributed by atoms with van der Waals surface area (Å²) in [5.41, 5.74) is 0. The smallest absolute Gasteiger partial charge is 0.317 e. The van der Waals surface area contributed by atoms with Crippen LogP contribution in [0.25, 0.3) is 0 Å². The van der Waals surface area contributed by atoms with E-state index in [1.165, 1.54) is 19.6 Å². The lowest BCUT2D eigenvalue weighted by atomic mass is 9.95. The van der Waals surface area contributed by atoms with Crippen molar-refractivity contribution in [2.24, 2.45) is 11.8 Å². The number of nitrogens with zero attached hydrogens (tertiary/aromatic N) is 2. The molecule has 0 bridgehead atoms. The molecular weight excluding hydrogens is 216 g/mol. The van der Waals surface area contributed by atoms with E-state index in [0.717, 1.165) is 38.0 Å². The highest BCUT2D eigenvalue weighted by Crippen LogP contribution is 2.31. The van der Waals surface area contributed by atoms with Crippen LogP contribution in [0.3, 0.4) is 0 Å². The molecule has 5 nitrogen and oxygen atoms in total. The molecular formula is C12H22N4O. The normalized spacial score (nSPS) is 37.6. The molecule has 3 fully saturated rings. The van der Waals surface area contributed by atoms with Crippen molar-refractivity contribution in [3.05, 3.63) is 0 Å². The number of hydrogen-bond acceptors (Lipinski definition) is 3. The lowest BCUT2D eigenvalue weighted by Gasteiger charge is -2.26. The maximum absolute atomic E-state index is 11.4. The second-order valence-electron chi connectivity index (χ2n) is 5.54. The zero-order valence-corrected chi connectivity index (χ0v) is 10.5. The molecule has 3 aliphatic rings. The molecule has 2 N–H and O–H groups in total. The first-order valence-electron chi connectivity index (χ1n) is 6.73. The van der Waals surface area contributed by atoms with Gasteiger partial charge in [-0.2, -0.15) is 0 Å². The standard InChI is InChI=1S/C12H22N4O/c1-9-11-7-13-6-10(11)8-16(9)5-4-15-3-2-14-12(15)17/h9-11,13H,2-8H2,1H3,(H,14,17). The van der Waals surface area contributed by atoms with E-state index in [1.807, 2.05) is 4.90 Å². The molecule has 0 aromatic carbocycles. The summed E-state index contributed by atoms with van der Waals surface area (Å²) in [6.45, 7) is 9.47. The van der Waals surface area contributed by atoms with Gasteiger partial charge in [-0.3, -0.25) is 4.90 Å². The van der Waals surface area contributed by atoms with Gasteiger partial charge in [0.25, 0.3) is 0 Å². The quantitative estimate of drug-likeness (QED) is 0.700. The zero-order valence-electron chi connectivity index (χ0n) is 10.5. The van der Waals surface area contributed by atoms with Gasteiger partial charge in [0.2, 0.25) is 0 Å². The molecule has 2 amide bonds. The van der Waals surface area contributed by atoms with Crippen LogP contribution >= 0.6 is 0 Å². The summed E-state index contributed by atoms with van der Waals surface area (Å²) in [5, 5.41) is 6.33. The van der Waals surface area contributed by atoms with Gasteiger partial charge in [-0.15, -0.1) is 0 Å². The SMILES string of the molecule is CC1C2CNCC2CN1CCN1CCNC1=O. The average Bonchev–Trinajstić information content (AvgIpc) is 2.97.